The van der Waals surface area contributed by atoms with Crippen LogP contribution in [0.1, 0.15) is 54.4 Å². The van der Waals surface area contributed by atoms with Crippen molar-refractivity contribution in [2.45, 2.75) is 72.1 Å². The van der Waals surface area contributed by atoms with Crippen LogP contribution in [0.4, 0.5) is 0 Å². The largest absolute Gasteiger partial charge is 0.480 e. The molecular weight excluding hydrogens is 314 g/mol. The van der Waals surface area contributed by atoms with Gasteiger partial charge in [-0.15, -0.1) is 0 Å². The fraction of sp³-hybridized carbons (Fsp3) is 0.824. The number of carboxylic acids is 1. The van der Waals surface area contributed by atoms with E-state index in [1.807, 2.05) is 20.8 Å². The average molecular weight is 343 g/mol. The van der Waals surface area contributed by atoms with Gasteiger partial charge in [0.25, 0.3) is 0 Å². The van der Waals surface area contributed by atoms with E-state index in [0.29, 0.717) is 0 Å². The molecule has 24 heavy (non-hydrogen) atoms. The van der Waals surface area contributed by atoms with Gasteiger partial charge in [-0.1, -0.05) is 20.8 Å². The standard InChI is InChI=1S/C17H29NO6/c1-16(2,3)11(8-13(20)24-17(4,5)6)14(21)18-9-10(19)7-12(18)15(22)23/h10-12,19H,7-9H2,1-6H3,(H,22,23)/t10-,11-,12+/m1/s1. The SMILES string of the molecule is CC(C)(C)OC(=O)C[C@H](C(=O)N1C[C@H](O)C[C@H]1C(=O)O)C(C)(C)C. The van der Waals surface area contributed by atoms with Crippen molar-refractivity contribution in [2.24, 2.45) is 11.3 Å². The molecule has 0 unspecified atom stereocenters. The van der Waals surface area contributed by atoms with E-state index in [4.69, 9.17) is 4.74 Å². The number of likely N-dealkylation sites (tertiary alicyclic amines) is 1. The molecule has 0 radical (unpaired) electrons. The van der Waals surface area contributed by atoms with Crippen LogP contribution in [0.25, 0.3) is 0 Å². The summed E-state index contributed by atoms with van der Waals surface area (Å²) in [6, 6.07) is -1.06. The maximum Gasteiger partial charge on any atom is 0.326 e. The zero-order valence-electron chi connectivity index (χ0n) is 15.3. The quantitative estimate of drug-likeness (QED) is 0.748. The summed E-state index contributed by atoms with van der Waals surface area (Å²) in [7, 11) is 0. The van der Waals surface area contributed by atoms with Crippen LogP contribution in [0.15, 0.2) is 0 Å². The molecule has 1 aliphatic heterocycles. The number of esters is 1. The Morgan fingerprint density at radius 1 is 1.17 bits per heavy atom. The highest BCUT2D eigenvalue weighted by molar-refractivity contribution is 5.88. The third-order valence-corrected chi connectivity index (χ3v) is 3.98. The summed E-state index contributed by atoms with van der Waals surface area (Å²) in [6.07, 6.45) is -0.986. The molecule has 1 rings (SSSR count). The molecule has 1 saturated heterocycles. The molecule has 1 heterocycles. The summed E-state index contributed by atoms with van der Waals surface area (Å²) >= 11 is 0. The molecule has 0 aromatic heterocycles. The third kappa shape index (κ3) is 5.47. The van der Waals surface area contributed by atoms with Crippen molar-refractivity contribution in [1.82, 2.24) is 4.90 Å². The first-order valence-corrected chi connectivity index (χ1v) is 8.15. The monoisotopic (exact) mass is 343 g/mol. The topological polar surface area (TPSA) is 104 Å². The predicted octanol–water partition coefficient (Wildman–Crippen LogP) is 1.43. The van der Waals surface area contributed by atoms with Crippen molar-refractivity contribution < 1.29 is 29.3 Å². The van der Waals surface area contributed by atoms with E-state index in [-0.39, 0.29) is 19.4 Å². The minimum atomic E-state index is -1.15. The van der Waals surface area contributed by atoms with Gasteiger partial charge in [0.05, 0.1) is 18.4 Å². The van der Waals surface area contributed by atoms with Gasteiger partial charge in [-0.3, -0.25) is 9.59 Å². The summed E-state index contributed by atoms with van der Waals surface area (Å²) in [5, 5.41) is 19.0. The van der Waals surface area contributed by atoms with Crippen molar-refractivity contribution >= 4 is 17.8 Å². The van der Waals surface area contributed by atoms with Crippen LogP contribution in [-0.4, -0.2) is 57.3 Å². The Labute approximate surface area is 143 Å². The summed E-state index contributed by atoms with van der Waals surface area (Å²) in [5.74, 6) is -2.80. The molecule has 2 N–H and O–H groups in total. The van der Waals surface area contributed by atoms with E-state index in [9.17, 15) is 24.6 Å². The average Bonchev–Trinajstić information content (AvgIpc) is 2.74. The summed E-state index contributed by atoms with van der Waals surface area (Å²) < 4.78 is 5.30. The number of aliphatic hydroxyl groups is 1. The number of aliphatic carboxylic acids is 1. The third-order valence-electron chi connectivity index (χ3n) is 3.98. The van der Waals surface area contributed by atoms with E-state index in [0.717, 1.165) is 0 Å². The lowest BCUT2D eigenvalue weighted by atomic mass is 9.77. The number of ether oxygens (including phenoxy) is 1. The van der Waals surface area contributed by atoms with Gasteiger partial charge < -0.3 is 19.8 Å². The molecule has 7 heteroatoms. The minimum absolute atomic E-state index is 0.00434. The number of aliphatic hydroxyl groups excluding tert-OH is 1. The zero-order chi connectivity index (χ0) is 18.9. The Morgan fingerprint density at radius 2 is 1.71 bits per heavy atom. The molecule has 138 valence electrons. The molecule has 0 aliphatic carbocycles. The Kier molecular flexibility index (Phi) is 6.03. The van der Waals surface area contributed by atoms with Crippen molar-refractivity contribution in [1.29, 1.82) is 0 Å². The van der Waals surface area contributed by atoms with E-state index < -0.39 is 46.9 Å². The van der Waals surface area contributed by atoms with Crippen molar-refractivity contribution in [2.75, 3.05) is 6.54 Å². The minimum Gasteiger partial charge on any atom is -0.480 e. The molecule has 0 spiro atoms. The van der Waals surface area contributed by atoms with Crippen LogP contribution >= 0.6 is 0 Å². The zero-order valence-corrected chi connectivity index (χ0v) is 15.3. The molecular formula is C17H29NO6. The van der Waals surface area contributed by atoms with Crippen LogP contribution in [0, 0.1) is 11.3 Å². The number of carboxylic acid groups (broad SMARTS) is 1. The van der Waals surface area contributed by atoms with Crippen LogP contribution in [-0.2, 0) is 19.1 Å². The first kappa shape index (κ1) is 20.4. The second-order valence-electron chi connectivity index (χ2n) is 8.44. The van der Waals surface area contributed by atoms with Gasteiger partial charge >= 0.3 is 11.9 Å². The molecule has 1 fully saturated rings. The van der Waals surface area contributed by atoms with Crippen molar-refractivity contribution in [3.05, 3.63) is 0 Å². The first-order valence-electron chi connectivity index (χ1n) is 8.15. The van der Waals surface area contributed by atoms with Gasteiger partial charge in [0.15, 0.2) is 0 Å². The van der Waals surface area contributed by atoms with E-state index in [2.05, 4.69) is 0 Å². The van der Waals surface area contributed by atoms with Crippen LogP contribution < -0.4 is 0 Å². The maximum absolute atomic E-state index is 12.9. The van der Waals surface area contributed by atoms with Gasteiger partial charge in [-0.25, -0.2) is 4.79 Å². The fourth-order valence-corrected chi connectivity index (χ4v) is 2.81. The normalized spacial score (nSPS) is 23.0. The molecule has 7 nitrogen and oxygen atoms in total. The summed E-state index contributed by atoms with van der Waals surface area (Å²) in [4.78, 5) is 37.6. The molecule has 0 saturated carbocycles. The van der Waals surface area contributed by atoms with E-state index in [1.54, 1.807) is 20.8 Å². The number of carbonyl (C=O) groups excluding carboxylic acids is 2. The van der Waals surface area contributed by atoms with Gasteiger partial charge in [0.1, 0.15) is 11.6 Å². The number of amides is 1. The fourth-order valence-electron chi connectivity index (χ4n) is 2.81. The number of rotatable bonds is 4. The van der Waals surface area contributed by atoms with E-state index in [1.165, 1.54) is 4.90 Å². The van der Waals surface area contributed by atoms with Crippen molar-refractivity contribution in [3.63, 3.8) is 0 Å². The Bertz CT molecular complexity index is 502. The van der Waals surface area contributed by atoms with Crippen LogP contribution in [0.2, 0.25) is 0 Å². The molecule has 0 aromatic rings. The van der Waals surface area contributed by atoms with E-state index >= 15 is 0 Å². The van der Waals surface area contributed by atoms with Crippen LogP contribution in [0.5, 0.6) is 0 Å². The highest BCUT2D eigenvalue weighted by Gasteiger charge is 2.44. The van der Waals surface area contributed by atoms with Gasteiger partial charge in [-0.05, 0) is 26.2 Å². The smallest absolute Gasteiger partial charge is 0.326 e. The Hall–Kier alpha value is -1.63. The number of nitrogens with zero attached hydrogens (tertiary/aromatic N) is 1. The second kappa shape index (κ2) is 7.09. The van der Waals surface area contributed by atoms with Gasteiger partial charge in [0.2, 0.25) is 5.91 Å². The molecule has 0 aromatic carbocycles. The summed E-state index contributed by atoms with van der Waals surface area (Å²) in [5.41, 5.74) is -1.21. The molecule has 1 aliphatic rings. The maximum atomic E-state index is 12.9. The number of hydrogen-bond donors (Lipinski definition) is 2. The summed E-state index contributed by atoms with van der Waals surface area (Å²) in [6.45, 7) is 10.7. The van der Waals surface area contributed by atoms with Gasteiger partial charge in [0, 0.05) is 13.0 Å². The van der Waals surface area contributed by atoms with Crippen molar-refractivity contribution in [3.8, 4) is 0 Å². The lowest BCUT2D eigenvalue weighted by molar-refractivity contribution is -0.161. The first-order chi connectivity index (χ1) is 10.7. The molecule has 1 amide bonds. The van der Waals surface area contributed by atoms with Gasteiger partial charge in [-0.2, -0.15) is 0 Å². The Balaban J connectivity index is 2.98. The lowest BCUT2D eigenvalue weighted by Crippen LogP contribution is -2.47. The predicted molar refractivity (Wildman–Crippen MR) is 87.2 cm³/mol. The number of hydrogen-bond acceptors (Lipinski definition) is 5. The molecule has 0 bridgehead atoms. The van der Waals surface area contributed by atoms with Crippen LogP contribution in [0.3, 0.4) is 0 Å². The highest BCUT2D eigenvalue weighted by atomic mass is 16.6. The second-order valence-corrected chi connectivity index (χ2v) is 8.44. The Morgan fingerprint density at radius 3 is 2.12 bits per heavy atom. The number of carbonyl (C=O) groups is 3. The highest BCUT2D eigenvalue weighted by Crippen LogP contribution is 2.33. The number of β-amino-alcohol motifs (C(OH)–C–C–N with tert-alkyl or cyclic N) is 1. The molecule has 3 atom stereocenters. The lowest BCUT2D eigenvalue weighted by Gasteiger charge is -2.34.